The number of hydrogen-bond acceptors (Lipinski definition) is 6. The van der Waals surface area contributed by atoms with Gasteiger partial charge in [-0.15, -0.1) is 5.10 Å². The second kappa shape index (κ2) is 10.7. The van der Waals surface area contributed by atoms with Gasteiger partial charge in [0.1, 0.15) is 5.56 Å². The maximum atomic E-state index is 14.7. The van der Waals surface area contributed by atoms with E-state index in [0.29, 0.717) is 22.7 Å². The zero-order valence-corrected chi connectivity index (χ0v) is 24.7. The van der Waals surface area contributed by atoms with Crippen LogP contribution in [-0.4, -0.2) is 42.2 Å². The van der Waals surface area contributed by atoms with Crippen LogP contribution in [0.1, 0.15) is 42.6 Å². The molecule has 3 unspecified atom stereocenters. The Labute approximate surface area is 254 Å². The highest BCUT2D eigenvalue weighted by molar-refractivity contribution is 6.12. The maximum absolute atomic E-state index is 14.7. The topological polar surface area (TPSA) is 123 Å². The third-order valence-corrected chi connectivity index (χ3v) is 8.84. The number of benzene rings is 1. The van der Waals surface area contributed by atoms with Crippen molar-refractivity contribution in [1.29, 1.82) is 0 Å². The summed E-state index contributed by atoms with van der Waals surface area (Å²) in [7, 11) is 1.85. The van der Waals surface area contributed by atoms with Gasteiger partial charge < -0.3 is 11.1 Å². The Hall–Kier alpha value is -5.43. The Balaban J connectivity index is 1.36. The molecule has 220 valence electrons. The first-order chi connectivity index (χ1) is 21.3. The number of nitrogens with two attached hydrogens (primary N) is 1. The van der Waals surface area contributed by atoms with Gasteiger partial charge in [0.05, 0.1) is 17.8 Å². The van der Waals surface area contributed by atoms with E-state index in [-0.39, 0.29) is 29.1 Å². The first-order valence-corrected chi connectivity index (χ1v) is 14.8. The van der Waals surface area contributed by atoms with Crippen LogP contribution in [0.4, 0.5) is 11.5 Å². The van der Waals surface area contributed by atoms with Crippen molar-refractivity contribution in [1.82, 2.24) is 29.7 Å². The van der Waals surface area contributed by atoms with E-state index in [1.165, 1.54) is 4.52 Å². The number of nitrogens with zero attached hydrogens (tertiary/aromatic N) is 6. The summed E-state index contributed by atoms with van der Waals surface area (Å²) in [5, 5.41) is 11.6. The van der Waals surface area contributed by atoms with Gasteiger partial charge in [-0.2, -0.15) is 5.10 Å². The minimum atomic E-state index is -0.522. The number of para-hydroxylation sites is 1. The number of aromatic nitrogens is 5. The molecule has 10 heteroatoms. The average Bonchev–Trinajstić information content (AvgIpc) is 3.60. The van der Waals surface area contributed by atoms with E-state index in [0.717, 1.165) is 35.4 Å². The van der Waals surface area contributed by atoms with Crippen molar-refractivity contribution < 1.29 is 9.59 Å². The smallest absolute Gasteiger partial charge is 0.260 e. The molecular weight excluding hydrogens is 552 g/mol. The molecule has 3 aliphatic rings. The number of nitrogens with one attached hydrogen (secondary N) is 1. The van der Waals surface area contributed by atoms with Gasteiger partial charge in [-0.05, 0) is 61.4 Å². The highest BCUT2D eigenvalue weighted by atomic mass is 16.2. The number of carbonyl (C=O) groups is 2. The van der Waals surface area contributed by atoms with Crippen molar-refractivity contribution in [2.45, 2.75) is 32.7 Å². The lowest BCUT2D eigenvalue weighted by molar-refractivity contribution is -0.116. The molecule has 4 aromatic rings. The molecule has 44 heavy (non-hydrogen) atoms. The molecular formula is C34H32N8O2. The molecule has 1 aliphatic heterocycles. The van der Waals surface area contributed by atoms with E-state index in [1.54, 1.807) is 34.2 Å². The van der Waals surface area contributed by atoms with Crippen molar-refractivity contribution in [2.75, 3.05) is 10.6 Å². The van der Waals surface area contributed by atoms with E-state index < -0.39 is 11.9 Å². The number of anilines is 2. The minimum absolute atomic E-state index is 0.0942. The summed E-state index contributed by atoms with van der Waals surface area (Å²) in [5.74, 6) is 6.47. The molecule has 7 rings (SSSR count). The Morgan fingerprint density at radius 1 is 1.18 bits per heavy atom. The van der Waals surface area contributed by atoms with Gasteiger partial charge in [0.2, 0.25) is 0 Å². The Morgan fingerprint density at radius 2 is 2.00 bits per heavy atom. The van der Waals surface area contributed by atoms with Gasteiger partial charge in [-0.1, -0.05) is 43.0 Å². The molecule has 0 bridgehead atoms. The van der Waals surface area contributed by atoms with Crippen molar-refractivity contribution in [2.24, 2.45) is 24.8 Å². The van der Waals surface area contributed by atoms with Crippen LogP contribution in [0.5, 0.6) is 0 Å². The lowest BCUT2D eigenvalue weighted by Gasteiger charge is -2.48. The van der Waals surface area contributed by atoms with Crippen molar-refractivity contribution in [3.63, 3.8) is 0 Å². The molecule has 0 radical (unpaired) electrons. The van der Waals surface area contributed by atoms with Crippen molar-refractivity contribution >= 4 is 29.0 Å². The number of amides is 2. The number of nitrogen functional groups attached to an aromatic ring is 1. The lowest BCUT2D eigenvalue weighted by atomic mass is 9.62. The van der Waals surface area contributed by atoms with Gasteiger partial charge in [-0.25, -0.2) is 9.50 Å². The second-order valence-corrected chi connectivity index (χ2v) is 11.6. The van der Waals surface area contributed by atoms with Gasteiger partial charge in [-0.3, -0.25) is 19.2 Å². The SMILES string of the molecule is CC1CCC2=C([C@@H](C)NC(=O)c3c(N)nn4cccnc34)N(c3ccccc3)C(=O)C3=C(C#Cc4cnn(C)c4)C=CC1C23. The summed E-state index contributed by atoms with van der Waals surface area (Å²) in [6.07, 6.45) is 12.9. The summed E-state index contributed by atoms with van der Waals surface area (Å²) in [6, 6.07) is 10.8. The molecule has 10 nitrogen and oxygen atoms in total. The molecule has 3 aromatic heterocycles. The van der Waals surface area contributed by atoms with Gasteiger partial charge in [0.25, 0.3) is 11.8 Å². The largest absolute Gasteiger partial charge is 0.381 e. The molecule has 4 atom stereocenters. The number of carbonyl (C=O) groups excluding carboxylic acids is 2. The fourth-order valence-electron chi connectivity index (χ4n) is 6.83. The highest BCUT2D eigenvalue weighted by Crippen LogP contribution is 2.51. The number of aryl methyl sites for hydroxylation is 1. The van der Waals surface area contributed by atoms with Crippen LogP contribution in [0.25, 0.3) is 5.65 Å². The fourth-order valence-corrected chi connectivity index (χ4v) is 6.83. The van der Waals surface area contributed by atoms with E-state index in [1.807, 2.05) is 56.6 Å². The van der Waals surface area contributed by atoms with Crippen LogP contribution < -0.4 is 16.0 Å². The van der Waals surface area contributed by atoms with E-state index in [9.17, 15) is 9.59 Å². The zero-order chi connectivity index (χ0) is 30.5. The number of fused-ring (bicyclic) bond motifs is 1. The highest BCUT2D eigenvalue weighted by Gasteiger charge is 2.48. The molecule has 3 N–H and O–H groups in total. The van der Waals surface area contributed by atoms with Crippen LogP contribution in [0, 0.1) is 29.6 Å². The zero-order valence-electron chi connectivity index (χ0n) is 24.7. The normalized spacial score (nSPS) is 21.7. The Bertz CT molecular complexity index is 1970. The van der Waals surface area contributed by atoms with Gasteiger partial charge >= 0.3 is 0 Å². The fraction of sp³-hybridized carbons (Fsp3) is 0.265. The minimum Gasteiger partial charge on any atom is -0.381 e. The summed E-state index contributed by atoms with van der Waals surface area (Å²) < 4.78 is 3.20. The lowest BCUT2D eigenvalue weighted by Crippen LogP contribution is -2.51. The molecule has 2 amide bonds. The van der Waals surface area contributed by atoms with Crippen LogP contribution in [0.2, 0.25) is 0 Å². The predicted molar refractivity (Wildman–Crippen MR) is 167 cm³/mol. The van der Waals surface area contributed by atoms with E-state index >= 15 is 0 Å². The molecule has 4 heterocycles. The third kappa shape index (κ3) is 4.48. The molecule has 1 fully saturated rings. The molecule has 2 aliphatic carbocycles. The summed E-state index contributed by atoms with van der Waals surface area (Å²) in [4.78, 5) is 34.6. The maximum Gasteiger partial charge on any atom is 0.260 e. The summed E-state index contributed by atoms with van der Waals surface area (Å²) >= 11 is 0. The molecule has 0 spiro atoms. The second-order valence-electron chi connectivity index (χ2n) is 11.6. The van der Waals surface area contributed by atoms with Crippen molar-refractivity contribution in [3.05, 3.63) is 107 Å². The molecule has 1 saturated carbocycles. The molecule has 0 saturated heterocycles. The predicted octanol–water partition coefficient (Wildman–Crippen LogP) is 4.04. The van der Waals surface area contributed by atoms with Crippen LogP contribution in [0.15, 0.2) is 95.8 Å². The first kappa shape index (κ1) is 27.4. The standard InChI is InChI=1S/C34H32N8O2/c1-20-10-14-26-28-25(20)15-13-23(12-11-22-18-37-40(3)19-22)27(28)34(44)42(24-8-5-4-6-9-24)30(26)21(2)38-33(43)29-31(35)39-41-17-7-16-36-32(29)41/h4-9,13,15-21,25,28H,10,14H2,1-3H3,(H2,35,39)(H,38,43)/t20?,21-,25?,28?/m1/s1. The monoisotopic (exact) mass is 584 g/mol. The summed E-state index contributed by atoms with van der Waals surface area (Å²) in [5.41, 5.74) is 11.6. The van der Waals surface area contributed by atoms with Crippen LogP contribution >= 0.6 is 0 Å². The van der Waals surface area contributed by atoms with Gasteiger partial charge in [0, 0.05) is 54.1 Å². The number of allylic oxidation sites excluding steroid dienone is 4. The average molecular weight is 585 g/mol. The summed E-state index contributed by atoms with van der Waals surface area (Å²) in [6.45, 7) is 4.16. The van der Waals surface area contributed by atoms with E-state index in [4.69, 9.17) is 5.73 Å². The first-order valence-electron chi connectivity index (χ1n) is 14.8. The number of hydrogen-bond donors (Lipinski definition) is 2. The Morgan fingerprint density at radius 3 is 2.77 bits per heavy atom. The van der Waals surface area contributed by atoms with Gasteiger partial charge in [0.15, 0.2) is 11.5 Å². The van der Waals surface area contributed by atoms with Crippen LogP contribution in [0.3, 0.4) is 0 Å². The van der Waals surface area contributed by atoms with E-state index in [2.05, 4.69) is 45.3 Å². The van der Waals surface area contributed by atoms with Crippen molar-refractivity contribution in [3.8, 4) is 11.8 Å². The number of rotatable bonds is 4. The third-order valence-electron chi connectivity index (χ3n) is 8.84. The van der Waals surface area contributed by atoms with Crippen LogP contribution in [-0.2, 0) is 11.8 Å². The Kier molecular flexibility index (Phi) is 6.66. The molecule has 1 aromatic carbocycles. The quantitative estimate of drug-likeness (QED) is 0.349.